The molecule has 3 heteroatoms. The van der Waals surface area contributed by atoms with Gasteiger partial charge in [0.1, 0.15) is 6.10 Å². The Bertz CT molecular complexity index is 279. The van der Waals surface area contributed by atoms with Crippen molar-refractivity contribution in [2.45, 2.75) is 109 Å². The van der Waals surface area contributed by atoms with Gasteiger partial charge in [-0.05, 0) is 24.6 Å². The fourth-order valence-corrected chi connectivity index (χ4v) is 3.83. The Morgan fingerprint density at radius 3 is 2.05 bits per heavy atom. The monoisotopic (exact) mass is 314 g/mol. The smallest absolute Gasteiger partial charge is 0.192 e. The SMILES string of the molecule is CCCCCCCCC[C@@H](O[Si](C)(C)C(C)(C)C)[C@H]1CO1. The molecule has 0 radical (unpaired) electrons. The van der Waals surface area contributed by atoms with Crippen LogP contribution in [-0.4, -0.2) is 27.1 Å². The normalized spacial score (nSPS) is 20.6. The van der Waals surface area contributed by atoms with Crippen molar-refractivity contribution in [2.75, 3.05) is 6.61 Å². The third kappa shape index (κ3) is 7.29. The first kappa shape index (κ1) is 19.2. The van der Waals surface area contributed by atoms with Gasteiger partial charge in [0.2, 0.25) is 0 Å². The lowest BCUT2D eigenvalue weighted by atomic mass is 10.1. The lowest BCUT2D eigenvalue weighted by molar-refractivity contribution is 0.131. The second-order valence-electron chi connectivity index (χ2n) is 8.20. The highest BCUT2D eigenvalue weighted by atomic mass is 28.4. The van der Waals surface area contributed by atoms with E-state index in [0.29, 0.717) is 17.2 Å². The van der Waals surface area contributed by atoms with Crippen LogP contribution in [0.25, 0.3) is 0 Å². The Balaban J connectivity index is 2.25. The van der Waals surface area contributed by atoms with Crippen molar-refractivity contribution >= 4 is 8.32 Å². The highest BCUT2D eigenvalue weighted by Crippen LogP contribution is 2.39. The lowest BCUT2D eigenvalue weighted by Crippen LogP contribution is -2.45. The molecule has 0 amide bonds. The van der Waals surface area contributed by atoms with E-state index in [1.54, 1.807) is 0 Å². The molecular weight excluding hydrogens is 276 g/mol. The maximum absolute atomic E-state index is 6.59. The van der Waals surface area contributed by atoms with Crippen LogP contribution in [-0.2, 0) is 9.16 Å². The molecule has 0 saturated carbocycles. The highest BCUT2D eigenvalue weighted by molar-refractivity contribution is 6.74. The van der Waals surface area contributed by atoms with Crippen LogP contribution in [0, 0.1) is 0 Å². The summed E-state index contributed by atoms with van der Waals surface area (Å²) in [5.41, 5.74) is 0. The molecule has 1 aliphatic rings. The van der Waals surface area contributed by atoms with Crippen LogP contribution in [0.3, 0.4) is 0 Å². The summed E-state index contributed by atoms with van der Waals surface area (Å²) in [5, 5.41) is 0.292. The minimum atomic E-state index is -1.66. The number of epoxide rings is 1. The molecular formula is C18H38O2Si. The number of unbranched alkanes of at least 4 members (excludes halogenated alkanes) is 6. The van der Waals surface area contributed by atoms with Gasteiger partial charge in [-0.2, -0.15) is 0 Å². The Labute approximate surface area is 134 Å². The zero-order chi connectivity index (χ0) is 15.9. The predicted molar refractivity (Wildman–Crippen MR) is 94.4 cm³/mol. The van der Waals surface area contributed by atoms with Gasteiger partial charge in [0.15, 0.2) is 8.32 Å². The first-order valence-corrected chi connectivity index (χ1v) is 12.0. The molecule has 126 valence electrons. The molecule has 21 heavy (non-hydrogen) atoms. The van der Waals surface area contributed by atoms with E-state index in [1.165, 1.54) is 51.4 Å². The van der Waals surface area contributed by atoms with Gasteiger partial charge < -0.3 is 9.16 Å². The van der Waals surface area contributed by atoms with Gasteiger partial charge >= 0.3 is 0 Å². The molecule has 0 aromatic heterocycles. The minimum Gasteiger partial charge on any atom is -0.411 e. The highest BCUT2D eigenvalue weighted by Gasteiger charge is 2.43. The number of hydrogen-bond acceptors (Lipinski definition) is 2. The Kier molecular flexibility index (Phi) is 7.94. The number of ether oxygens (including phenoxy) is 1. The van der Waals surface area contributed by atoms with Crippen molar-refractivity contribution in [3.63, 3.8) is 0 Å². The van der Waals surface area contributed by atoms with Gasteiger partial charge in [-0.1, -0.05) is 72.6 Å². The maximum atomic E-state index is 6.59. The first-order chi connectivity index (χ1) is 9.78. The fourth-order valence-electron chi connectivity index (χ4n) is 2.45. The average molecular weight is 315 g/mol. The van der Waals surface area contributed by atoms with Crippen LogP contribution in [0.4, 0.5) is 0 Å². The standard InChI is InChI=1S/C18H38O2Si/c1-7-8-9-10-11-12-13-14-16(17-15-19-17)20-21(5,6)18(2,3)4/h16-17H,7-15H2,1-6H3/t16-,17-/m1/s1. The molecule has 2 nitrogen and oxygen atoms in total. The van der Waals surface area contributed by atoms with E-state index in [9.17, 15) is 0 Å². The van der Waals surface area contributed by atoms with Crippen LogP contribution in [0.5, 0.6) is 0 Å². The van der Waals surface area contributed by atoms with Crippen molar-refractivity contribution in [3.8, 4) is 0 Å². The van der Waals surface area contributed by atoms with Gasteiger partial charge in [0, 0.05) is 0 Å². The average Bonchev–Trinajstić information content (AvgIpc) is 3.19. The van der Waals surface area contributed by atoms with Crippen molar-refractivity contribution in [1.29, 1.82) is 0 Å². The van der Waals surface area contributed by atoms with E-state index in [2.05, 4.69) is 40.8 Å². The summed E-state index contributed by atoms with van der Waals surface area (Å²) in [6.45, 7) is 14.8. The molecule has 0 aromatic rings. The van der Waals surface area contributed by atoms with E-state index < -0.39 is 8.32 Å². The van der Waals surface area contributed by atoms with Crippen LogP contribution in [0.15, 0.2) is 0 Å². The molecule has 0 unspecified atom stereocenters. The van der Waals surface area contributed by atoms with Crippen LogP contribution < -0.4 is 0 Å². The predicted octanol–water partition coefficient (Wildman–Crippen LogP) is 5.92. The minimum absolute atomic E-state index is 0.292. The first-order valence-electron chi connectivity index (χ1n) is 9.07. The molecule has 1 heterocycles. The molecule has 1 fully saturated rings. The zero-order valence-electron chi connectivity index (χ0n) is 15.3. The van der Waals surface area contributed by atoms with Gasteiger partial charge in [-0.15, -0.1) is 0 Å². The van der Waals surface area contributed by atoms with Gasteiger partial charge in [-0.3, -0.25) is 0 Å². The quantitative estimate of drug-likeness (QED) is 0.268. The summed E-state index contributed by atoms with van der Waals surface area (Å²) >= 11 is 0. The van der Waals surface area contributed by atoms with Crippen molar-refractivity contribution in [3.05, 3.63) is 0 Å². The topological polar surface area (TPSA) is 21.8 Å². The van der Waals surface area contributed by atoms with E-state index in [4.69, 9.17) is 9.16 Å². The van der Waals surface area contributed by atoms with Gasteiger partial charge in [0.05, 0.1) is 12.7 Å². The van der Waals surface area contributed by atoms with Crippen molar-refractivity contribution in [2.24, 2.45) is 0 Å². The van der Waals surface area contributed by atoms with E-state index >= 15 is 0 Å². The Hall–Kier alpha value is 0.137. The Morgan fingerprint density at radius 2 is 1.57 bits per heavy atom. The van der Waals surface area contributed by atoms with Crippen LogP contribution in [0.1, 0.15) is 79.1 Å². The van der Waals surface area contributed by atoms with Crippen LogP contribution >= 0.6 is 0 Å². The Morgan fingerprint density at radius 1 is 1.05 bits per heavy atom. The number of rotatable bonds is 11. The second kappa shape index (κ2) is 8.69. The third-order valence-corrected chi connectivity index (χ3v) is 9.62. The molecule has 0 spiro atoms. The molecule has 1 rings (SSSR count). The van der Waals surface area contributed by atoms with E-state index in [1.807, 2.05) is 0 Å². The zero-order valence-corrected chi connectivity index (χ0v) is 16.3. The summed E-state index contributed by atoms with van der Waals surface area (Å²) in [4.78, 5) is 0. The van der Waals surface area contributed by atoms with Gasteiger partial charge in [0.25, 0.3) is 0 Å². The molecule has 0 aliphatic carbocycles. The third-order valence-electron chi connectivity index (χ3n) is 5.12. The molecule has 1 saturated heterocycles. The lowest BCUT2D eigenvalue weighted by Gasteiger charge is -2.39. The van der Waals surface area contributed by atoms with E-state index in [-0.39, 0.29) is 0 Å². The maximum Gasteiger partial charge on any atom is 0.192 e. The van der Waals surface area contributed by atoms with Crippen molar-refractivity contribution in [1.82, 2.24) is 0 Å². The van der Waals surface area contributed by atoms with Crippen LogP contribution in [0.2, 0.25) is 18.1 Å². The fraction of sp³-hybridized carbons (Fsp3) is 1.00. The summed E-state index contributed by atoms with van der Waals surface area (Å²) < 4.78 is 12.1. The van der Waals surface area contributed by atoms with Crippen molar-refractivity contribution < 1.29 is 9.16 Å². The summed E-state index contributed by atoms with van der Waals surface area (Å²) in [6.07, 6.45) is 11.5. The largest absolute Gasteiger partial charge is 0.411 e. The molecule has 0 aromatic carbocycles. The summed E-state index contributed by atoms with van der Waals surface area (Å²) in [7, 11) is -1.66. The number of hydrogen-bond donors (Lipinski definition) is 0. The summed E-state index contributed by atoms with van der Waals surface area (Å²) in [6, 6.07) is 0. The van der Waals surface area contributed by atoms with Gasteiger partial charge in [-0.25, -0.2) is 0 Å². The molecule has 2 atom stereocenters. The second-order valence-corrected chi connectivity index (χ2v) is 13.0. The molecule has 0 bridgehead atoms. The summed E-state index contributed by atoms with van der Waals surface area (Å²) in [5.74, 6) is 0. The molecule has 1 aliphatic heterocycles. The molecule has 0 N–H and O–H groups in total. The van der Waals surface area contributed by atoms with E-state index in [0.717, 1.165) is 6.61 Å².